The zero-order valence-electron chi connectivity index (χ0n) is 9.69. The third-order valence-corrected chi connectivity index (χ3v) is 5.25. The van der Waals surface area contributed by atoms with E-state index in [-0.39, 0.29) is 11.8 Å². The highest BCUT2D eigenvalue weighted by Gasteiger charge is 2.19. The third-order valence-electron chi connectivity index (χ3n) is 2.88. The van der Waals surface area contributed by atoms with Crippen LogP contribution in [-0.4, -0.2) is 33.3 Å². The van der Waals surface area contributed by atoms with Crippen molar-refractivity contribution in [2.45, 2.75) is 25.3 Å². The SMILES string of the molecule is O=S(=O)(CCc1cccs1)NC1CCNCC1. The van der Waals surface area contributed by atoms with E-state index in [1.54, 1.807) is 11.3 Å². The molecule has 1 saturated heterocycles. The summed E-state index contributed by atoms with van der Waals surface area (Å²) in [6.07, 6.45) is 2.38. The molecule has 17 heavy (non-hydrogen) atoms. The molecule has 0 aliphatic carbocycles. The van der Waals surface area contributed by atoms with Crippen LogP contribution in [0.1, 0.15) is 17.7 Å². The van der Waals surface area contributed by atoms with E-state index in [0.29, 0.717) is 6.42 Å². The fraction of sp³-hybridized carbons (Fsp3) is 0.636. The van der Waals surface area contributed by atoms with E-state index in [2.05, 4.69) is 10.0 Å². The van der Waals surface area contributed by atoms with Crippen molar-refractivity contribution in [1.82, 2.24) is 10.0 Å². The molecule has 1 fully saturated rings. The van der Waals surface area contributed by atoms with Crippen molar-refractivity contribution in [2.24, 2.45) is 0 Å². The first-order chi connectivity index (χ1) is 8.16. The number of aryl methyl sites for hydroxylation is 1. The van der Waals surface area contributed by atoms with E-state index in [4.69, 9.17) is 0 Å². The van der Waals surface area contributed by atoms with Crippen LogP contribution in [0, 0.1) is 0 Å². The largest absolute Gasteiger partial charge is 0.317 e. The number of rotatable bonds is 5. The summed E-state index contributed by atoms with van der Waals surface area (Å²) in [5.41, 5.74) is 0. The summed E-state index contributed by atoms with van der Waals surface area (Å²) in [6.45, 7) is 1.80. The van der Waals surface area contributed by atoms with E-state index < -0.39 is 10.0 Å². The van der Waals surface area contributed by atoms with Crippen LogP contribution in [0.4, 0.5) is 0 Å². The van der Waals surface area contributed by atoms with Crippen molar-refractivity contribution < 1.29 is 8.42 Å². The molecular formula is C11H18N2O2S2. The first-order valence-corrected chi connectivity index (χ1v) is 8.42. The lowest BCUT2D eigenvalue weighted by Crippen LogP contribution is -2.43. The van der Waals surface area contributed by atoms with Gasteiger partial charge < -0.3 is 5.32 Å². The van der Waals surface area contributed by atoms with E-state index in [1.807, 2.05) is 17.5 Å². The molecule has 4 nitrogen and oxygen atoms in total. The molecule has 1 aromatic heterocycles. The molecule has 2 rings (SSSR count). The number of hydrogen-bond donors (Lipinski definition) is 2. The minimum atomic E-state index is -3.13. The van der Waals surface area contributed by atoms with Crippen LogP contribution in [0.25, 0.3) is 0 Å². The van der Waals surface area contributed by atoms with Gasteiger partial charge in [-0.25, -0.2) is 13.1 Å². The van der Waals surface area contributed by atoms with Gasteiger partial charge in [-0.1, -0.05) is 6.07 Å². The second-order valence-electron chi connectivity index (χ2n) is 4.29. The summed E-state index contributed by atoms with van der Waals surface area (Å²) in [5.74, 6) is 0.192. The smallest absolute Gasteiger partial charge is 0.212 e. The quantitative estimate of drug-likeness (QED) is 0.841. The van der Waals surface area contributed by atoms with E-state index in [9.17, 15) is 8.42 Å². The van der Waals surface area contributed by atoms with Crippen molar-refractivity contribution in [1.29, 1.82) is 0 Å². The van der Waals surface area contributed by atoms with Crippen molar-refractivity contribution in [3.05, 3.63) is 22.4 Å². The lowest BCUT2D eigenvalue weighted by molar-refractivity contribution is 0.427. The molecule has 2 heterocycles. The minimum absolute atomic E-state index is 0.115. The molecule has 1 aromatic rings. The monoisotopic (exact) mass is 274 g/mol. The zero-order chi connectivity index (χ0) is 12.1. The van der Waals surface area contributed by atoms with Crippen LogP contribution >= 0.6 is 11.3 Å². The summed E-state index contributed by atoms with van der Waals surface area (Å²) < 4.78 is 26.5. The maximum atomic E-state index is 11.9. The first-order valence-electron chi connectivity index (χ1n) is 5.89. The van der Waals surface area contributed by atoms with Gasteiger partial charge in [-0.15, -0.1) is 11.3 Å². The highest BCUT2D eigenvalue weighted by Crippen LogP contribution is 2.11. The third kappa shape index (κ3) is 4.39. The Bertz CT molecular complexity index is 422. The molecule has 0 spiro atoms. The fourth-order valence-corrected chi connectivity index (χ4v) is 4.13. The van der Waals surface area contributed by atoms with Crippen LogP contribution in [0.5, 0.6) is 0 Å². The molecule has 0 bridgehead atoms. The lowest BCUT2D eigenvalue weighted by Gasteiger charge is -2.23. The Morgan fingerprint density at radius 3 is 2.82 bits per heavy atom. The maximum absolute atomic E-state index is 11.9. The highest BCUT2D eigenvalue weighted by molar-refractivity contribution is 7.89. The Hall–Kier alpha value is -0.430. The Labute approximate surface area is 106 Å². The molecule has 1 aliphatic heterocycles. The van der Waals surface area contributed by atoms with Gasteiger partial charge in [0.25, 0.3) is 0 Å². The van der Waals surface area contributed by atoms with Crippen molar-refractivity contribution in [2.75, 3.05) is 18.8 Å². The van der Waals surface area contributed by atoms with Gasteiger partial charge in [-0.05, 0) is 43.8 Å². The number of nitrogens with one attached hydrogen (secondary N) is 2. The van der Waals surface area contributed by atoms with Gasteiger partial charge in [0.2, 0.25) is 10.0 Å². The molecular weight excluding hydrogens is 256 g/mol. The molecule has 0 unspecified atom stereocenters. The van der Waals surface area contributed by atoms with Crippen LogP contribution < -0.4 is 10.0 Å². The van der Waals surface area contributed by atoms with E-state index in [1.165, 1.54) is 0 Å². The normalized spacial score (nSPS) is 18.4. The Morgan fingerprint density at radius 1 is 1.41 bits per heavy atom. The van der Waals surface area contributed by atoms with Crippen LogP contribution in [0.15, 0.2) is 17.5 Å². The lowest BCUT2D eigenvalue weighted by atomic mass is 10.1. The second-order valence-corrected chi connectivity index (χ2v) is 7.20. The summed E-state index contributed by atoms with van der Waals surface area (Å²) in [5, 5.41) is 5.20. The number of piperidine rings is 1. The van der Waals surface area contributed by atoms with Gasteiger partial charge >= 0.3 is 0 Å². The van der Waals surface area contributed by atoms with Gasteiger partial charge in [0.05, 0.1) is 5.75 Å². The molecule has 0 aromatic carbocycles. The van der Waals surface area contributed by atoms with Gasteiger partial charge in [0.1, 0.15) is 0 Å². The summed E-state index contributed by atoms with van der Waals surface area (Å²) >= 11 is 1.61. The molecule has 6 heteroatoms. The van der Waals surface area contributed by atoms with Crippen molar-refractivity contribution in [3.8, 4) is 0 Å². The highest BCUT2D eigenvalue weighted by atomic mass is 32.2. The van der Waals surface area contributed by atoms with Gasteiger partial charge in [-0.3, -0.25) is 0 Å². The van der Waals surface area contributed by atoms with Crippen molar-refractivity contribution in [3.63, 3.8) is 0 Å². The summed E-state index contributed by atoms with van der Waals surface area (Å²) in [7, 11) is -3.13. The molecule has 0 radical (unpaired) electrons. The Balaban J connectivity index is 1.81. The minimum Gasteiger partial charge on any atom is -0.317 e. The van der Waals surface area contributed by atoms with E-state index in [0.717, 1.165) is 30.8 Å². The maximum Gasteiger partial charge on any atom is 0.212 e. The molecule has 0 atom stereocenters. The molecule has 1 aliphatic rings. The predicted molar refractivity (Wildman–Crippen MR) is 70.8 cm³/mol. The molecule has 0 saturated carbocycles. The Kier molecular flexibility index (Phi) is 4.55. The van der Waals surface area contributed by atoms with Gasteiger partial charge in [0.15, 0.2) is 0 Å². The first kappa shape index (κ1) is 13.0. The average Bonchev–Trinajstić information content (AvgIpc) is 2.80. The number of sulfonamides is 1. The van der Waals surface area contributed by atoms with Gasteiger partial charge in [-0.2, -0.15) is 0 Å². The molecule has 96 valence electrons. The zero-order valence-corrected chi connectivity index (χ0v) is 11.3. The van der Waals surface area contributed by atoms with Crippen LogP contribution in [0.2, 0.25) is 0 Å². The summed E-state index contributed by atoms with van der Waals surface area (Å²) in [6, 6.07) is 4.04. The topological polar surface area (TPSA) is 58.2 Å². The number of hydrogen-bond acceptors (Lipinski definition) is 4. The average molecular weight is 274 g/mol. The Morgan fingerprint density at radius 2 is 2.18 bits per heavy atom. The van der Waals surface area contributed by atoms with Crippen molar-refractivity contribution >= 4 is 21.4 Å². The summed E-state index contributed by atoms with van der Waals surface area (Å²) in [4.78, 5) is 1.13. The second kappa shape index (κ2) is 5.95. The standard InChI is InChI=1S/C11H18N2O2S2/c14-17(15,9-5-11-2-1-8-16-11)13-10-3-6-12-7-4-10/h1-2,8,10,12-13H,3-7,9H2. The fourth-order valence-electron chi connectivity index (χ4n) is 1.94. The predicted octanol–water partition coefficient (Wildman–Crippen LogP) is 0.962. The van der Waals surface area contributed by atoms with E-state index >= 15 is 0 Å². The molecule has 0 amide bonds. The van der Waals surface area contributed by atoms with Crippen LogP contribution in [0.3, 0.4) is 0 Å². The molecule has 2 N–H and O–H groups in total. The number of thiophene rings is 1. The van der Waals surface area contributed by atoms with Gasteiger partial charge in [0, 0.05) is 10.9 Å². The van der Waals surface area contributed by atoms with Crippen LogP contribution in [-0.2, 0) is 16.4 Å².